The lowest BCUT2D eigenvalue weighted by Gasteiger charge is -2.11. The smallest absolute Gasteiger partial charge is 0.417 e. The van der Waals surface area contributed by atoms with Crippen molar-refractivity contribution in [3.05, 3.63) is 53.0 Å². The third kappa shape index (κ3) is 3.39. The summed E-state index contributed by atoms with van der Waals surface area (Å²) in [6.07, 6.45) is -4.65. The number of carbonyl (C=O) groups is 1. The molecule has 3 rings (SSSR count). The zero-order valence-corrected chi connectivity index (χ0v) is 13.1. The Morgan fingerprint density at radius 2 is 1.84 bits per heavy atom. The highest BCUT2D eigenvalue weighted by molar-refractivity contribution is 6.04. The Bertz CT molecular complexity index is 928. The van der Waals surface area contributed by atoms with E-state index in [1.165, 1.54) is 12.1 Å². The second-order valence-electron chi connectivity index (χ2n) is 5.24. The van der Waals surface area contributed by atoms with Crippen LogP contribution in [0.5, 0.6) is 0 Å². The maximum Gasteiger partial charge on any atom is 0.417 e. The van der Waals surface area contributed by atoms with Crippen LogP contribution in [-0.2, 0) is 6.18 Å². The van der Waals surface area contributed by atoms with Gasteiger partial charge in [-0.05, 0) is 32.0 Å². The first-order valence-electron chi connectivity index (χ1n) is 7.14. The van der Waals surface area contributed by atoms with E-state index in [2.05, 4.69) is 15.5 Å². The van der Waals surface area contributed by atoms with E-state index in [9.17, 15) is 18.0 Å². The van der Waals surface area contributed by atoms with Gasteiger partial charge in [-0.1, -0.05) is 17.2 Å². The van der Waals surface area contributed by atoms with E-state index < -0.39 is 23.2 Å². The molecule has 0 radical (unpaired) electrons. The number of amides is 1. The summed E-state index contributed by atoms with van der Waals surface area (Å²) in [5, 5.41) is 9.57. The molecule has 1 aromatic carbocycles. The van der Waals surface area contributed by atoms with Crippen LogP contribution < -0.4 is 5.32 Å². The summed E-state index contributed by atoms with van der Waals surface area (Å²) in [6, 6.07) is 5.79. The van der Waals surface area contributed by atoms with Crippen molar-refractivity contribution < 1.29 is 26.8 Å². The number of carbonyl (C=O) groups excluding carboxylic acids is 1. The molecule has 0 saturated carbocycles. The van der Waals surface area contributed by atoms with Crippen LogP contribution in [0.1, 0.15) is 27.4 Å². The van der Waals surface area contributed by atoms with Gasteiger partial charge in [0, 0.05) is 0 Å². The molecule has 25 heavy (non-hydrogen) atoms. The molecule has 2 heterocycles. The molecule has 0 fully saturated rings. The molecule has 9 heteroatoms. The summed E-state index contributed by atoms with van der Waals surface area (Å²) in [4.78, 5) is 12.1. The SMILES string of the molecule is Cc1cc(-c2nnc(NC(=O)c3ccccc3C(F)(F)F)o2)c(C)o1. The monoisotopic (exact) mass is 351 g/mol. The Labute approximate surface area is 139 Å². The first-order chi connectivity index (χ1) is 11.8. The number of anilines is 1. The van der Waals surface area contributed by atoms with E-state index in [0.29, 0.717) is 17.1 Å². The normalized spacial score (nSPS) is 11.6. The van der Waals surface area contributed by atoms with Gasteiger partial charge in [-0.2, -0.15) is 13.2 Å². The zero-order valence-electron chi connectivity index (χ0n) is 13.1. The lowest BCUT2D eigenvalue weighted by molar-refractivity contribution is -0.137. The van der Waals surface area contributed by atoms with Crippen molar-refractivity contribution in [1.82, 2.24) is 10.2 Å². The van der Waals surface area contributed by atoms with Crippen molar-refractivity contribution in [3.63, 3.8) is 0 Å². The molecule has 1 N–H and O–H groups in total. The van der Waals surface area contributed by atoms with Crippen LogP contribution in [-0.4, -0.2) is 16.1 Å². The number of benzene rings is 1. The van der Waals surface area contributed by atoms with Crippen molar-refractivity contribution in [1.29, 1.82) is 0 Å². The van der Waals surface area contributed by atoms with E-state index in [4.69, 9.17) is 8.83 Å². The number of alkyl halides is 3. The molecule has 0 aliphatic carbocycles. The largest absolute Gasteiger partial charge is 0.466 e. The first-order valence-corrected chi connectivity index (χ1v) is 7.14. The Kier molecular flexibility index (Phi) is 4.07. The summed E-state index contributed by atoms with van der Waals surface area (Å²) in [7, 11) is 0. The quantitative estimate of drug-likeness (QED) is 0.764. The predicted molar refractivity (Wildman–Crippen MR) is 80.9 cm³/mol. The summed E-state index contributed by atoms with van der Waals surface area (Å²) in [5.74, 6) is 0.272. The molecule has 1 amide bonds. The second-order valence-corrected chi connectivity index (χ2v) is 5.24. The van der Waals surface area contributed by atoms with Gasteiger partial charge in [-0.15, -0.1) is 5.10 Å². The number of aryl methyl sites for hydroxylation is 2. The van der Waals surface area contributed by atoms with Crippen LogP contribution in [0.3, 0.4) is 0 Å². The number of aromatic nitrogens is 2. The summed E-state index contributed by atoms with van der Waals surface area (Å²) in [6.45, 7) is 3.44. The van der Waals surface area contributed by atoms with Crippen molar-refractivity contribution in [2.75, 3.05) is 5.32 Å². The molecule has 3 aromatic rings. The number of nitrogens with zero attached hydrogens (tertiary/aromatic N) is 2. The molecular formula is C16H12F3N3O3. The van der Waals surface area contributed by atoms with Crippen LogP contribution in [0.15, 0.2) is 39.2 Å². The molecule has 0 unspecified atom stereocenters. The van der Waals surface area contributed by atoms with Crippen molar-refractivity contribution in [2.24, 2.45) is 0 Å². The molecule has 0 saturated heterocycles. The fourth-order valence-electron chi connectivity index (χ4n) is 2.32. The highest BCUT2D eigenvalue weighted by Crippen LogP contribution is 2.32. The zero-order chi connectivity index (χ0) is 18.2. The molecule has 0 atom stereocenters. The molecule has 130 valence electrons. The number of hydrogen-bond donors (Lipinski definition) is 1. The number of hydrogen-bond acceptors (Lipinski definition) is 5. The predicted octanol–water partition coefficient (Wildman–Crippen LogP) is 4.22. The van der Waals surface area contributed by atoms with E-state index in [1.54, 1.807) is 19.9 Å². The van der Waals surface area contributed by atoms with Crippen molar-refractivity contribution >= 4 is 11.9 Å². The van der Waals surface area contributed by atoms with Gasteiger partial charge in [0.2, 0.25) is 0 Å². The molecule has 0 bridgehead atoms. The molecular weight excluding hydrogens is 339 g/mol. The lowest BCUT2D eigenvalue weighted by atomic mass is 10.1. The Morgan fingerprint density at radius 3 is 2.48 bits per heavy atom. The van der Waals surface area contributed by atoms with E-state index in [1.807, 2.05) is 0 Å². The number of halogens is 3. The van der Waals surface area contributed by atoms with E-state index in [0.717, 1.165) is 12.1 Å². The Balaban J connectivity index is 1.85. The van der Waals surface area contributed by atoms with Crippen LogP contribution in [0.2, 0.25) is 0 Å². The fourth-order valence-corrected chi connectivity index (χ4v) is 2.32. The van der Waals surface area contributed by atoms with E-state index >= 15 is 0 Å². The fraction of sp³-hybridized carbons (Fsp3) is 0.188. The van der Waals surface area contributed by atoms with Crippen LogP contribution in [0.4, 0.5) is 19.2 Å². The maximum atomic E-state index is 13.0. The minimum Gasteiger partial charge on any atom is -0.466 e. The van der Waals surface area contributed by atoms with Gasteiger partial charge in [0.15, 0.2) is 0 Å². The van der Waals surface area contributed by atoms with Crippen molar-refractivity contribution in [2.45, 2.75) is 20.0 Å². The van der Waals surface area contributed by atoms with Gasteiger partial charge < -0.3 is 8.83 Å². The number of furan rings is 1. The van der Waals surface area contributed by atoms with Gasteiger partial charge in [-0.25, -0.2) is 0 Å². The highest BCUT2D eigenvalue weighted by Gasteiger charge is 2.35. The average Bonchev–Trinajstić information content (AvgIpc) is 3.12. The molecule has 0 aliphatic heterocycles. The van der Waals surface area contributed by atoms with Gasteiger partial charge in [0.25, 0.3) is 11.8 Å². The summed E-state index contributed by atoms with van der Waals surface area (Å²) >= 11 is 0. The third-order valence-corrected chi connectivity index (χ3v) is 3.39. The number of nitrogens with one attached hydrogen (secondary N) is 1. The average molecular weight is 351 g/mol. The lowest BCUT2D eigenvalue weighted by Crippen LogP contribution is -2.18. The minimum absolute atomic E-state index is 0.0914. The second kappa shape index (κ2) is 6.08. The van der Waals surface area contributed by atoms with Crippen LogP contribution >= 0.6 is 0 Å². The van der Waals surface area contributed by atoms with Gasteiger partial charge in [-0.3, -0.25) is 10.1 Å². The molecule has 2 aromatic heterocycles. The Morgan fingerprint density at radius 1 is 1.12 bits per heavy atom. The highest BCUT2D eigenvalue weighted by atomic mass is 19.4. The van der Waals surface area contributed by atoms with Gasteiger partial charge in [0.1, 0.15) is 11.5 Å². The van der Waals surface area contributed by atoms with Gasteiger partial charge >= 0.3 is 12.2 Å². The van der Waals surface area contributed by atoms with Crippen LogP contribution in [0.25, 0.3) is 11.5 Å². The molecule has 0 spiro atoms. The van der Waals surface area contributed by atoms with E-state index in [-0.39, 0.29) is 11.9 Å². The maximum absolute atomic E-state index is 13.0. The third-order valence-electron chi connectivity index (χ3n) is 3.39. The number of rotatable bonds is 3. The molecule has 6 nitrogen and oxygen atoms in total. The first kappa shape index (κ1) is 16.7. The topological polar surface area (TPSA) is 81.2 Å². The van der Waals surface area contributed by atoms with Crippen LogP contribution in [0, 0.1) is 13.8 Å². The van der Waals surface area contributed by atoms with Gasteiger partial charge in [0.05, 0.1) is 16.7 Å². The Hall–Kier alpha value is -3.10. The standard InChI is InChI=1S/C16H12F3N3O3/c1-8-7-11(9(2)24-8)14-21-22-15(25-14)20-13(23)10-5-3-4-6-12(10)16(17,18)19/h3-7H,1-2H3,(H,20,22,23). The molecule has 0 aliphatic rings. The summed E-state index contributed by atoms with van der Waals surface area (Å²) < 4.78 is 49.6. The minimum atomic E-state index is -4.65. The van der Waals surface area contributed by atoms with Crippen molar-refractivity contribution in [3.8, 4) is 11.5 Å². The summed E-state index contributed by atoms with van der Waals surface area (Å²) in [5.41, 5.74) is -1.04.